The Morgan fingerprint density at radius 2 is 1.71 bits per heavy atom. The number of fused-ring (bicyclic) bond motifs is 1. The van der Waals surface area contributed by atoms with Crippen molar-refractivity contribution >= 4 is 69.3 Å². The number of halogens is 2. The van der Waals surface area contributed by atoms with Crippen molar-refractivity contribution in [3.63, 3.8) is 0 Å². The lowest BCUT2D eigenvalue weighted by atomic mass is 10.1. The summed E-state index contributed by atoms with van der Waals surface area (Å²) >= 11 is 17.0. The second-order valence-electron chi connectivity index (χ2n) is 6.27. The van der Waals surface area contributed by atoms with Crippen LogP contribution in [0.25, 0.3) is 17.0 Å². The Kier molecular flexibility index (Phi) is 4.93. The van der Waals surface area contributed by atoms with Crippen molar-refractivity contribution in [1.29, 1.82) is 0 Å². The first kappa shape index (κ1) is 18.7. The van der Waals surface area contributed by atoms with Crippen molar-refractivity contribution in [2.45, 2.75) is 6.54 Å². The number of thiocarbonyl (C=S) groups is 1. The van der Waals surface area contributed by atoms with Crippen LogP contribution in [0.1, 0.15) is 11.1 Å². The molecule has 2 aromatic carbocycles. The number of amides is 2. The Morgan fingerprint density at radius 3 is 2.43 bits per heavy atom. The van der Waals surface area contributed by atoms with Crippen molar-refractivity contribution in [3.8, 4) is 0 Å². The molecule has 28 heavy (non-hydrogen) atoms. The molecule has 0 radical (unpaired) electrons. The number of nitrogens with one attached hydrogen (secondary N) is 2. The summed E-state index contributed by atoms with van der Waals surface area (Å²) in [5, 5.41) is 6.81. The topological polar surface area (TPSA) is 63.1 Å². The van der Waals surface area contributed by atoms with Gasteiger partial charge in [0.2, 0.25) is 0 Å². The maximum atomic E-state index is 12.2. The first-order chi connectivity index (χ1) is 13.4. The van der Waals surface area contributed by atoms with Gasteiger partial charge in [0.25, 0.3) is 11.8 Å². The Labute approximate surface area is 175 Å². The summed E-state index contributed by atoms with van der Waals surface area (Å²) in [6.07, 6.45) is 3.47. The fourth-order valence-corrected chi connectivity index (χ4v) is 3.62. The van der Waals surface area contributed by atoms with Crippen molar-refractivity contribution in [2.24, 2.45) is 0 Å². The smallest absolute Gasteiger partial charge is 0.263 e. The lowest BCUT2D eigenvalue weighted by Gasteiger charge is -2.16. The average Bonchev–Trinajstić information content (AvgIpc) is 2.99. The van der Waals surface area contributed by atoms with Gasteiger partial charge in [-0.3, -0.25) is 20.2 Å². The van der Waals surface area contributed by atoms with Gasteiger partial charge in [-0.05, 0) is 42.1 Å². The minimum Gasteiger partial charge on any atom is -0.342 e. The molecule has 0 atom stereocenters. The van der Waals surface area contributed by atoms with E-state index in [1.165, 1.54) is 0 Å². The summed E-state index contributed by atoms with van der Waals surface area (Å²) in [5.41, 5.74) is 2.70. The third-order valence-corrected chi connectivity index (χ3v) is 5.34. The zero-order chi connectivity index (χ0) is 19.8. The minimum absolute atomic E-state index is 0.00559. The standard InChI is InChI=1S/C20H13Cl2N3O2S/c21-15-6-5-11(7-16(15)22)9-25-10-12(13-3-1-2-4-17(13)25)8-14-18(26)23-20(28)24-19(14)27/h1-8,10H,9H2,(H2,23,24,26,27,28). The molecule has 1 fully saturated rings. The van der Waals surface area contributed by atoms with Crippen LogP contribution in [0.15, 0.2) is 54.2 Å². The molecular weight excluding hydrogens is 417 g/mol. The van der Waals surface area contributed by atoms with E-state index in [2.05, 4.69) is 10.6 Å². The minimum atomic E-state index is -0.518. The van der Waals surface area contributed by atoms with E-state index in [1.54, 1.807) is 12.1 Å². The monoisotopic (exact) mass is 429 g/mol. The number of aromatic nitrogens is 1. The number of hydrogen-bond donors (Lipinski definition) is 2. The molecule has 8 heteroatoms. The van der Waals surface area contributed by atoms with Crippen molar-refractivity contribution < 1.29 is 9.59 Å². The second kappa shape index (κ2) is 7.39. The van der Waals surface area contributed by atoms with E-state index in [0.29, 0.717) is 16.6 Å². The van der Waals surface area contributed by atoms with Crippen molar-refractivity contribution in [3.05, 3.63) is 75.4 Å². The van der Waals surface area contributed by atoms with Crippen LogP contribution < -0.4 is 10.6 Å². The van der Waals surface area contributed by atoms with E-state index in [1.807, 2.05) is 47.2 Å². The summed E-state index contributed by atoms with van der Waals surface area (Å²) in [7, 11) is 0. The van der Waals surface area contributed by atoms with Crippen LogP contribution in [0.4, 0.5) is 0 Å². The van der Waals surface area contributed by atoms with E-state index in [4.69, 9.17) is 35.4 Å². The average molecular weight is 430 g/mol. The maximum absolute atomic E-state index is 12.2. The molecule has 0 saturated carbocycles. The fourth-order valence-electron chi connectivity index (χ4n) is 3.12. The molecule has 3 aromatic rings. The Morgan fingerprint density at radius 1 is 1.00 bits per heavy atom. The highest BCUT2D eigenvalue weighted by molar-refractivity contribution is 7.80. The fraction of sp³-hybridized carbons (Fsp3) is 0.0500. The number of hydrogen-bond acceptors (Lipinski definition) is 3. The van der Waals surface area contributed by atoms with Gasteiger partial charge in [-0.2, -0.15) is 0 Å². The van der Waals surface area contributed by atoms with Gasteiger partial charge >= 0.3 is 0 Å². The molecule has 0 spiro atoms. The van der Waals surface area contributed by atoms with Crippen molar-refractivity contribution in [2.75, 3.05) is 0 Å². The van der Waals surface area contributed by atoms with Crippen LogP contribution in [-0.2, 0) is 16.1 Å². The zero-order valence-corrected chi connectivity index (χ0v) is 16.7. The molecule has 2 amide bonds. The number of para-hydroxylation sites is 1. The summed E-state index contributed by atoms with van der Waals surface area (Å²) in [4.78, 5) is 24.3. The molecule has 1 aromatic heterocycles. The molecule has 1 aliphatic rings. The summed E-state index contributed by atoms with van der Waals surface area (Å²) in [5.74, 6) is -1.04. The third kappa shape index (κ3) is 3.54. The Hall–Kier alpha value is -2.67. The predicted octanol–water partition coefficient (Wildman–Crippen LogP) is 3.91. The van der Waals surface area contributed by atoms with Gasteiger partial charge in [0.1, 0.15) is 5.57 Å². The lowest BCUT2D eigenvalue weighted by Crippen LogP contribution is -2.51. The van der Waals surface area contributed by atoms with E-state index in [-0.39, 0.29) is 10.7 Å². The lowest BCUT2D eigenvalue weighted by molar-refractivity contribution is -0.123. The van der Waals surface area contributed by atoms with E-state index >= 15 is 0 Å². The molecule has 1 aliphatic heterocycles. The molecule has 0 unspecified atom stereocenters. The Balaban J connectivity index is 1.77. The molecule has 140 valence electrons. The quantitative estimate of drug-likeness (QED) is 0.376. The molecule has 4 rings (SSSR count). The Bertz CT molecular complexity index is 1160. The van der Waals surface area contributed by atoms with Crippen LogP contribution in [0.5, 0.6) is 0 Å². The van der Waals surface area contributed by atoms with Crippen LogP contribution in [0, 0.1) is 0 Å². The summed E-state index contributed by atoms with van der Waals surface area (Å²) in [6, 6.07) is 13.2. The van der Waals surface area contributed by atoms with Crippen molar-refractivity contribution in [1.82, 2.24) is 15.2 Å². The van der Waals surface area contributed by atoms with Gasteiger partial charge in [0.15, 0.2) is 5.11 Å². The molecule has 2 heterocycles. The molecule has 1 saturated heterocycles. The first-order valence-corrected chi connectivity index (χ1v) is 9.49. The van der Waals surface area contributed by atoms with Crippen LogP contribution in [0.2, 0.25) is 10.0 Å². The van der Waals surface area contributed by atoms with Gasteiger partial charge in [-0.15, -0.1) is 0 Å². The molecule has 0 bridgehead atoms. The van der Waals surface area contributed by atoms with E-state index in [0.717, 1.165) is 22.0 Å². The van der Waals surface area contributed by atoms with Crippen LogP contribution >= 0.6 is 35.4 Å². The van der Waals surface area contributed by atoms with E-state index in [9.17, 15) is 9.59 Å². The number of rotatable bonds is 3. The highest BCUT2D eigenvalue weighted by atomic mass is 35.5. The number of nitrogens with zero attached hydrogens (tertiary/aromatic N) is 1. The van der Waals surface area contributed by atoms with Gasteiger partial charge < -0.3 is 4.57 Å². The SMILES string of the molecule is O=C1NC(=S)NC(=O)C1=Cc1cn(Cc2ccc(Cl)c(Cl)c2)c2ccccc12. The van der Waals surface area contributed by atoms with Gasteiger partial charge in [-0.1, -0.05) is 47.5 Å². The number of carbonyl (C=O) groups excluding carboxylic acids is 2. The van der Waals surface area contributed by atoms with Crippen LogP contribution in [0.3, 0.4) is 0 Å². The molecule has 2 N–H and O–H groups in total. The van der Waals surface area contributed by atoms with E-state index < -0.39 is 11.8 Å². The van der Waals surface area contributed by atoms with Gasteiger partial charge in [-0.25, -0.2) is 0 Å². The molecular formula is C20H13Cl2N3O2S. The maximum Gasteiger partial charge on any atom is 0.263 e. The van der Waals surface area contributed by atoms with Gasteiger partial charge in [0, 0.05) is 29.2 Å². The zero-order valence-electron chi connectivity index (χ0n) is 14.3. The van der Waals surface area contributed by atoms with Crippen LogP contribution in [-0.4, -0.2) is 21.5 Å². The first-order valence-electron chi connectivity index (χ1n) is 8.32. The normalized spacial score (nSPS) is 14.2. The second-order valence-corrected chi connectivity index (χ2v) is 7.50. The highest BCUT2D eigenvalue weighted by Gasteiger charge is 2.26. The summed E-state index contributed by atoms with van der Waals surface area (Å²) < 4.78 is 2.03. The molecule has 0 aliphatic carbocycles. The number of benzene rings is 2. The van der Waals surface area contributed by atoms with Gasteiger partial charge in [0.05, 0.1) is 10.0 Å². The highest BCUT2D eigenvalue weighted by Crippen LogP contribution is 2.27. The number of carbonyl (C=O) groups is 2. The molecule has 5 nitrogen and oxygen atoms in total. The predicted molar refractivity (Wildman–Crippen MR) is 114 cm³/mol. The third-order valence-electron chi connectivity index (χ3n) is 4.40. The largest absolute Gasteiger partial charge is 0.342 e. The summed E-state index contributed by atoms with van der Waals surface area (Å²) in [6.45, 7) is 0.559.